The highest BCUT2D eigenvalue weighted by Crippen LogP contribution is 2.38. The molecule has 3 unspecified atom stereocenters. The second kappa shape index (κ2) is 55.0. The Morgan fingerprint density at radius 3 is 1.19 bits per heavy atom. The van der Waals surface area contributed by atoms with Gasteiger partial charge in [0.05, 0.1) is 39.9 Å². The molecule has 428 valence electrons. The summed E-state index contributed by atoms with van der Waals surface area (Å²) in [5.74, 6) is -0.210. The lowest BCUT2D eigenvalue weighted by Gasteiger charge is -2.29. The van der Waals surface area contributed by atoms with Gasteiger partial charge in [-0.15, -0.1) is 0 Å². The molecule has 1 amide bonds. The summed E-state index contributed by atoms with van der Waals surface area (Å²) in [6.07, 6.45) is 74.6. The molecule has 9 heteroatoms. The van der Waals surface area contributed by atoms with Gasteiger partial charge in [-0.2, -0.15) is 0 Å². The first kappa shape index (κ1) is 71.2. The number of unbranched alkanes of at least 4 members (excludes halogenated alkanes) is 36. The number of amides is 1. The van der Waals surface area contributed by atoms with E-state index in [0.29, 0.717) is 17.4 Å². The Morgan fingerprint density at radius 1 is 0.479 bits per heavy atom. The molecule has 73 heavy (non-hydrogen) atoms. The second-order valence-electron chi connectivity index (χ2n) is 22.4. The molecule has 0 aromatic carbocycles. The lowest BCUT2D eigenvalue weighted by molar-refractivity contribution is -0.870. The van der Waals surface area contributed by atoms with Crippen molar-refractivity contribution in [1.82, 2.24) is 5.32 Å². The molecule has 0 aliphatic rings. The van der Waals surface area contributed by atoms with E-state index in [0.717, 1.165) is 51.4 Å². The first-order valence-corrected chi connectivity index (χ1v) is 32.6. The third kappa shape index (κ3) is 57.7. The number of carbonyl (C=O) groups excluding carboxylic acids is 1. The number of hydrogen-bond acceptors (Lipinski definition) is 6. The number of phosphoric acid groups is 1. The molecule has 8 nitrogen and oxygen atoms in total. The quantitative estimate of drug-likeness (QED) is 0.0272. The molecule has 0 saturated carbocycles. The van der Waals surface area contributed by atoms with Gasteiger partial charge >= 0.3 is 0 Å². The summed E-state index contributed by atoms with van der Waals surface area (Å²) in [5, 5.41) is 13.9. The second-order valence-corrected chi connectivity index (χ2v) is 23.8. The highest BCUT2D eigenvalue weighted by atomic mass is 31.2. The minimum absolute atomic E-state index is 0.0102. The Hall–Kier alpha value is -1.80. The Morgan fingerprint density at radius 2 is 0.808 bits per heavy atom. The van der Waals surface area contributed by atoms with E-state index in [2.05, 4.69) is 67.8 Å². The molecular formula is C64H121N2O6P. The van der Waals surface area contributed by atoms with Crippen LogP contribution in [0.2, 0.25) is 0 Å². The number of hydrogen-bond donors (Lipinski definition) is 2. The van der Waals surface area contributed by atoms with E-state index in [1.165, 1.54) is 218 Å². The Labute approximate surface area is 453 Å². The highest BCUT2D eigenvalue weighted by molar-refractivity contribution is 7.45. The van der Waals surface area contributed by atoms with Gasteiger partial charge in [-0.1, -0.05) is 267 Å². The molecule has 2 N–H and O–H groups in total. The van der Waals surface area contributed by atoms with Crippen molar-refractivity contribution in [3.05, 3.63) is 60.8 Å². The van der Waals surface area contributed by atoms with Crippen LogP contribution < -0.4 is 10.2 Å². The fraction of sp³-hybridized carbons (Fsp3) is 0.828. The molecule has 0 aliphatic carbocycles. The monoisotopic (exact) mass is 1040 g/mol. The third-order valence-electron chi connectivity index (χ3n) is 13.9. The van der Waals surface area contributed by atoms with Gasteiger partial charge in [-0.3, -0.25) is 9.36 Å². The third-order valence-corrected chi connectivity index (χ3v) is 14.9. The average Bonchev–Trinajstić information content (AvgIpc) is 3.35. The van der Waals surface area contributed by atoms with Crippen molar-refractivity contribution < 1.29 is 32.9 Å². The maximum atomic E-state index is 13.0. The zero-order valence-corrected chi connectivity index (χ0v) is 49.7. The number of rotatable bonds is 57. The number of likely N-dealkylation sites (N-methyl/N-ethyl adjacent to an activating group) is 1. The molecule has 0 saturated heterocycles. The molecular weight excluding hydrogens is 924 g/mol. The minimum atomic E-state index is -4.61. The molecule has 0 heterocycles. The smallest absolute Gasteiger partial charge is 0.268 e. The maximum absolute atomic E-state index is 13.0. The van der Waals surface area contributed by atoms with E-state index < -0.39 is 26.6 Å². The van der Waals surface area contributed by atoms with E-state index >= 15 is 0 Å². The van der Waals surface area contributed by atoms with Gasteiger partial charge in [0.1, 0.15) is 13.2 Å². The normalized spacial score (nSPS) is 14.2. The first-order valence-electron chi connectivity index (χ1n) is 31.2. The predicted molar refractivity (Wildman–Crippen MR) is 316 cm³/mol. The Kier molecular flexibility index (Phi) is 53.6. The van der Waals surface area contributed by atoms with E-state index in [1.807, 2.05) is 27.2 Å². The molecule has 0 spiro atoms. The van der Waals surface area contributed by atoms with Crippen molar-refractivity contribution in [3.8, 4) is 0 Å². The summed E-state index contributed by atoms with van der Waals surface area (Å²) >= 11 is 0. The number of phosphoric ester groups is 1. The van der Waals surface area contributed by atoms with Crippen molar-refractivity contribution in [2.24, 2.45) is 0 Å². The fourth-order valence-corrected chi connectivity index (χ4v) is 9.76. The fourth-order valence-electron chi connectivity index (χ4n) is 9.04. The first-order chi connectivity index (χ1) is 35.5. The van der Waals surface area contributed by atoms with E-state index in [-0.39, 0.29) is 12.5 Å². The van der Waals surface area contributed by atoms with Crippen LogP contribution >= 0.6 is 7.82 Å². The van der Waals surface area contributed by atoms with Crippen LogP contribution in [-0.2, 0) is 18.4 Å². The molecule has 0 rings (SSSR count). The van der Waals surface area contributed by atoms with Crippen molar-refractivity contribution in [2.75, 3.05) is 40.9 Å². The van der Waals surface area contributed by atoms with Crippen molar-refractivity contribution in [3.63, 3.8) is 0 Å². The summed E-state index contributed by atoms with van der Waals surface area (Å²) in [6.45, 7) is 4.65. The zero-order chi connectivity index (χ0) is 53.5. The van der Waals surface area contributed by atoms with Crippen molar-refractivity contribution in [1.29, 1.82) is 0 Å². The van der Waals surface area contributed by atoms with E-state index in [9.17, 15) is 19.4 Å². The van der Waals surface area contributed by atoms with Gasteiger partial charge in [-0.25, -0.2) is 0 Å². The number of quaternary nitrogens is 1. The minimum Gasteiger partial charge on any atom is -0.756 e. The largest absolute Gasteiger partial charge is 0.756 e. The SMILES string of the molecule is CCCCCCCCCCC/C=C\C/C=C\CCCCCCCCCCCCCCCC(=O)NC(COP(=O)([O-])OCC[N+](C)(C)C)C(O)/C=C/CC/C=C/CC/C=C/CCCCCCCCCCCCCC. The zero-order valence-electron chi connectivity index (χ0n) is 48.8. The lowest BCUT2D eigenvalue weighted by Crippen LogP contribution is -2.45. The van der Waals surface area contributed by atoms with Crippen LogP contribution in [0, 0.1) is 0 Å². The average molecular weight is 1050 g/mol. The van der Waals surface area contributed by atoms with Gasteiger partial charge in [-0.05, 0) is 77.0 Å². The van der Waals surface area contributed by atoms with Gasteiger partial charge < -0.3 is 28.8 Å². The summed E-state index contributed by atoms with van der Waals surface area (Å²) in [5.41, 5.74) is 0. The lowest BCUT2D eigenvalue weighted by atomic mass is 10.0. The van der Waals surface area contributed by atoms with Gasteiger partial charge in [0, 0.05) is 6.42 Å². The molecule has 0 aromatic heterocycles. The van der Waals surface area contributed by atoms with Crippen LogP contribution in [0.4, 0.5) is 0 Å². The van der Waals surface area contributed by atoms with Crippen LogP contribution in [-0.4, -0.2) is 68.5 Å². The van der Waals surface area contributed by atoms with Crippen LogP contribution in [0.15, 0.2) is 60.8 Å². The summed E-state index contributed by atoms with van der Waals surface area (Å²) < 4.78 is 23.4. The van der Waals surface area contributed by atoms with Crippen molar-refractivity contribution >= 4 is 13.7 Å². The molecule has 0 aliphatic heterocycles. The standard InChI is InChI=1S/C64H121N2O6P/c1-6-8-10-12-14-16-18-20-22-24-26-28-30-31-32-33-34-35-36-38-40-42-44-46-48-50-52-54-56-58-64(68)65-62(61-72-73(69,70)71-60-59-66(3,4)5)63(67)57-55-53-51-49-47-45-43-41-39-37-29-27-25-23-21-19-17-15-13-11-9-7-2/h26,28,31-32,39,41,47,49,55,57,62-63,67H,6-25,27,29-30,33-38,40,42-46,48,50-54,56,58-61H2,1-5H3,(H-,65,68,69,70)/b28-26-,32-31-,41-39+,49-47+,57-55+. The van der Waals surface area contributed by atoms with Crippen LogP contribution in [0.1, 0.15) is 290 Å². The van der Waals surface area contributed by atoms with Crippen LogP contribution in [0.25, 0.3) is 0 Å². The molecule has 0 radical (unpaired) electrons. The van der Waals surface area contributed by atoms with Gasteiger partial charge in [0.25, 0.3) is 7.82 Å². The predicted octanol–water partition coefficient (Wildman–Crippen LogP) is 18.6. The molecule has 0 bridgehead atoms. The maximum Gasteiger partial charge on any atom is 0.268 e. The molecule has 0 fully saturated rings. The number of nitrogens with zero attached hydrogens (tertiary/aromatic N) is 1. The number of aliphatic hydroxyl groups excluding tert-OH is 1. The van der Waals surface area contributed by atoms with E-state index in [1.54, 1.807) is 6.08 Å². The summed E-state index contributed by atoms with van der Waals surface area (Å²) in [6, 6.07) is -0.913. The number of allylic oxidation sites excluding steroid dienone is 9. The summed E-state index contributed by atoms with van der Waals surface area (Å²) in [4.78, 5) is 25.5. The van der Waals surface area contributed by atoms with Crippen LogP contribution in [0.3, 0.4) is 0 Å². The number of nitrogens with one attached hydrogen (secondary N) is 1. The van der Waals surface area contributed by atoms with Crippen molar-refractivity contribution in [2.45, 2.75) is 302 Å². The van der Waals surface area contributed by atoms with E-state index in [4.69, 9.17) is 9.05 Å². The van der Waals surface area contributed by atoms with Gasteiger partial charge in [0.15, 0.2) is 0 Å². The van der Waals surface area contributed by atoms with Gasteiger partial charge in [0.2, 0.25) is 5.91 Å². The Balaban J connectivity index is 4.20. The summed E-state index contributed by atoms with van der Waals surface area (Å²) in [7, 11) is 1.24. The number of aliphatic hydroxyl groups is 1. The molecule has 0 aromatic rings. The number of carbonyl (C=O) groups is 1. The van der Waals surface area contributed by atoms with Crippen LogP contribution in [0.5, 0.6) is 0 Å². The topological polar surface area (TPSA) is 108 Å². The Bertz CT molecular complexity index is 1370. The highest BCUT2D eigenvalue weighted by Gasteiger charge is 2.23. The molecule has 3 atom stereocenters.